The average Bonchev–Trinajstić information content (AvgIpc) is 2.41. The summed E-state index contributed by atoms with van der Waals surface area (Å²) < 4.78 is 0. The summed E-state index contributed by atoms with van der Waals surface area (Å²) in [7, 11) is 0. The Morgan fingerprint density at radius 1 is 1.55 bits per heavy atom. The van der Waals surface area contributed by atoms with Crippen molar-refractivity contribution in [3.8, 4) is 0 Å². The monoisotopic (exact) mass is 157 g/mol. The Bertz CT molecular complexity index is 190. The standard InChI is InChI=1S/C3H4N2.C2H3NO3/c1-2-4-5-3-1;3-1(4)2(5)6/h1-3H,(H,4,5);(H2,3,4)(H,5,6). The highest BCUT2D eigenvalue weighted by Gasteiger charge is 2.00. The number of aromatic amines is 1. The number of amides is 1. The van der Waals surface area contributed by atoms with E-state index >= 15 is 0 Å². The number of aliphatic carboxylic acids is 1. The number of nitrogens with two attached hydrogens (primary N) is 1. The SMILES string of the molecule is NC(=O)C(=O)O.c1cn[nH]c1. The molecular formula is C5H7N3O3. The predicted octanol–water partition coefficient (Wildman–Crippen LogP) is -1.03. The Morgan fingerprint density at radius 2 is 2.09 bits per heavy atom. The average molecular weight is 157 g/mol. The summed E-state index contributed by atoms with van der Waals surface area (Å²) in [5, 5.41) is 13.7. The van der Waals surface area contributed by atoms with Crippen LogP contribution in [-0.2, 0) is 9.59 Å². The van der Waals surface area contributed by atoms with Gasteiger partial charge in [0.05, 0.1) is 0 Å². The summed E-state index contributed by atoms with van der Waals surface area (Å²) in [4.78, 5) is 18.5. The third-order valence-corrected chi connectivity index (χ3v) is 0.617. The van der Waals surface area contributed by atoms with Gasteiger partial charge in [0, 0.05) is 12.4 Å². The van der Waals surface area contributed by atoms with Crippen molar-refractivity contribution in [2.24, 2.45) is 5.73 Å². The van der Waals surface area contributed by atoms with Crippen LogP contribution in [0.4, 0.5) is 0 Å². The normalized spacial score (nSPS) is 7.64. The second kappa shape index (κ2) is 4.98. The van der Waals surface area contributed by atoms with Gasteiger partial charge < -0.3 is 10.8 Å². The first-order valence-corrected chi connectivity index (χ1v) is 2.61. The van der Waals surface area contributed by atoms with Gasteiger partial charge in [0.1, 0.15) is 0 Å². The second-order valence-electron chi connectivity index (χ2n) is 1.44. The van der Waals surface area contributed by atoms with E-state index in [1.807, 2.05) is 6.07 Å². The van der Waals surface area contributed by atoms with Gasteiger partial charge in [0.2, 0.25) is 0 Å². The molecule has 0 saturated carbocycles. The molecule has 1 heterocycles. The molecule has 0 atom stereocenters. The van der Waals surface area contributed by atoms with E-state index in [0.717, 1.165) is 0 Å². The van der Waals surface area contributed by atoms with Crippen molar-refractivity contribution in [1.82, 2.24) is 10.2 Å². The fourth-order valence-electron chi connectivity index (χ4n) is 0.215. The van der Waals surface area contributed by atoms with Gasteiger partial charge in [0.15, 0.2) is 0 Å². The van der Waals surface area contributed by atoms with E-state index in [0.29, 0.717) is 0 Å². The molecule has 1 amide bonds. The van der Waals surface area contributed by atoms with Crippen LogP contribution in [0.15, 0.2) is 18.5 Å². The van der Waals surface area contributed by atoms with Crippen molar-refractivity contribution < 1.29 is 14.7 Å². The van der Waals surface area contributed by atoms with Crippen LogP contribution in [0.25, 0.3) is 0 Å². The lowest BCUT2D eigenvalue weighted by molar-refractivity contribution is -0.148. The maximum atomic E-state index is 9.32. The number of hydrogen-bond donors (Lipinski definition) is 3. The van der Waals surface area contributed by atoms with Crippen LogP contribution in [0.3, 0.4) is 0 Å². The second-order valence-corrected chi connectivity index (χ2v) is 1.44. The Kier molecular flexibility index (Phi) is 4.14. The third-order valence-electron chi connectivity index (χ3n) is 0.617. The smallest absolute Gasteiger partial charge is 0.394 e. The van der Waals surface area contributed by atoms with Crippen molar-refractivity contribution >= 4 is 11.9 Å². The fraction of sp³-hybridized carbons (Fsp3) is 0. The molecular weight excluding hydrogens is 150 g/mol. The molecule has 0 aromatic carbocycles. The molecule has 11 heavy (non-hydrogen) atoms. The number of nitrogens with one attached hydrogen (secondary N) is 1. The first kappa shape index (κ1) is 9.15. The van der Waals surface area contributed by atoms with Crippen LogP contribution in [0.1, 0.15) is 0 Å². The number of H-pyrrole nitrogens is 1. The molecule has 0 radical (unpaired) electrons. The van der Waals surface area contributed by atoms with Gasteiger partial charge in [-0.25, -0.2) is 4.79 Å². The predicted molar refractivity (Wildman–Crippen MR) is 35.4 cm³/mol. The van der Waals surface area contributed by atoms with Crippen molar-refractivity contribution in [2.75, 3.05) is 0 Å². The van der Waals surface area contributed by atoms with Gasteiger partial charge in [-0.3, -0.25) is 9.89 Å². The van der Waals surface area contributed by atoms with Gasteiger partial charge in [-0.15, -0.1) is 0 Å². The van der Waals surface area contributed by atoms with Gasteiger partial charge in [-0.2, -0.15) is 5.10 Å². The topological polar surface area (TPSA) is 109 Å². The number of hydrogen-bond acceptors (Lipinski definition) is 3. The zero-order valence-corrected chi connectivity index (χ0v) is 5.52. The molecule has 0 unspecified atom stereocenters. The van der Waals surface area contributed by atoms with E-state index in [9.17, 15) is 9.59 Å². The molecule has 6 nitrogen and oxygen atoms in total. The van der Waals surface area contributed by atoms with E-state index in [2.05, 4.69) is 15.9 Å². The Labute approximate surface area is 62.0 Å². The van der Waals surface area contributed by atoms with Gasteiger partial charge >= 0.3 is 11.9 Å². The minimum Gasteiger partial charge on any atom is -0.474 e. The van der Waals surface area contributed by atoms with E-state index < -0.39 is 11.9 Å². The molecule has 0 fully saturated rings. The molecule has 0 bridgehead atoms. The number of carboxylic acid groups (broad SMARTS) is 1. The first-order valence-electron chi connectivity index (χ1n) is 2.61. The maximum Gasteiger partial charge on any atom is 0.394 e. The Morgan fingerprint density at radius 3 is 2.18 bits per heavy atom. The highest BCUT2D eigenvalue weighted by atomic mass is 16.4. The number of rotatable bonds is 0. The number of carboxylic acids is 1. The zero-order valence-electron chi connectivity index (χ0n) is 5.52. The number of carbonyl (C=O) groups excluding carboxylic acids is 1. The van der Waals surface area contributed by atoms with Gasteiger partial charge in [-0.1, -0.05) is 0 Å². The molecule has 4 N–H and O–H groups in total. The molecule has 60 valence electrons. The number of aromatic nitrogens is 2. The number of nitrogens with zero attached hydrogens (tertiary/aromatic N) is 1. The Balaban J connectivity index is 0.000000183. The number of primary amides is 1. The summed E-state index contributed by atoms with van der Waals surface area (Å²) in [6, 6.07) is 1.83. The summed E-state index contributed by atoms with van der Waals surface area (Å²) in [6.07, 6.45) is 3.46. The van der Waals surface area contributed by atoms with Gasteiger partial charge in [-0.05, 0) is 6.07 Å². The van der Waals surface area contributed by atoms with Crippen LogP contribution in [-0.4, -0.2) is 27.2 Å². The highest BCUT2D eigenvalue weighted by Crippen LogP contribution is 1.64. The summed E-state index contributed by atoms with van der Waals surface area (Å²) >= 11 is 0. The van der Waals surface area contributed by atoms with E-state index in [1.54, 1.807) is 12.4 Å². The van der Waals surface area contributed by atoms with Crippen LogP contribution in [0.5, 0.6) is 0 Å². The van der Waals surface area contributed by atoms with E-state index in [-0.39, 0.29) is 0 Å². The largest absolute Gasteiger partial charge is 0.474 e. The summed E-state index contributed by atoms with van der Waals surface area (Å²) in [5.74, 6) is -2.93. The lowest BCUT2D eigenvalue weighted by Gasteiger charge is -1.74. The molecule has 1 aromatic rings. The quantitative estimate of drug-likeness (QED) is 0.418. The van der Waals surface area contributed by atoms with E-state index in [4.69, 9.17) is 5.11 Å². The molecule has 0 aliphatic carbocycles. The third kappa shape index (κ3) is 6.03. The molecule has 0 spiro atoms. The fourth-order valence-corrected chi connectivity index (χ4v) is 0.215. The van der Waals surface area contributed by atoms with E-state index in [1.165, 1.54) is 0 Å². The minimum atomic E-state index is -1.60. The van der Waals surface area contributed by atoms with Crippen LogP contribution in [0.2, 0.25) is 0 Å². The van der Waals surface area contributed by atoms with Crippen LogP contribution >= 0.6 is 0 Å². The highest BCUT2D eigenvalue weighted by molar-refractivity contribution is 6.30. The zero-order chi connectivity index (χ0) is 8.69. The summed E-state index contributed by atoms with van der Waals surface area (Å²) in [6.45, 7) is 0. The summed E-state index contributed by atoms with van der Waals surface area (Å²) in [5.41, 5.74) is 4.20. The van der Waals surface area contributed by atoms with Crippen molar-refractivity contribution in [3.63, 3.8) is 0 Å². The lowest BCUT2D eigenvalue weighted by Crippen LogP contribution is -2.21. The molecule has 0 saturated heterocycles. The van der Waals surface area contributed by atoms with Crippen molar-refractivity contribution in [2.45, 2.75) is 0 Å². The maximum absolute atomic E-state index is 9.32. The molecule has 1 rings (SSSR count). The van der Waals surface area contributed by atoms with Crippen molar-refractivity contribution in [1.29, 1.82) is 0 Å². The first-order chi connectivity index (χ1) is 5.14. The van der Waals surface area contributed by atoms with Crippen LogP contribution < -0.4 is 5.73 Å². The molecule has 0 aliphatic rings. The number of carbonyl (C=O) groups is 2. The molecule has 0 aliphatic heterocycles. The molecule has 6 heteroatoms. The lowest BCUT2D eigenvalue weighted by atomic mass is 10.7. The van der Waals surface area contributed by atoms with Gasteiger partial charge in [0.25, 0.3) is 0 Å². The Hall–Kier alpha value is -1.85. The minimum absolute atomic E-state index is 1.32. The van der Waals surface area contributed by atoms with Crippen molar-refractivity contribution in [3.05, 3.63) is 18.5 Å². The van der Waals surface area contributed by atoms with Crippen LogP contribution in [0, 0.1) is 0 Å². The molecule has 1 aromatic heterocycles.